The van der Waals surface area contributed by atoms with Gasteiger partial charge in [-0.2, -0.15) is 0 Å². The summed E-state index contributed by atoms with van der Waals surface area (Å²) in [6, 6.07) is 10.6. The van der Waals surface area contributed by atoms with Gasteiger partial charge in [0, 0.05) is 36.3 Å². The third kappa shape index (κ3) is 8.56. The summed E-state index contributed by atoms with van der Waals surface area (Å²) in [4.78, 5) is 24.3. The number of carbonyl (C=O) groups excluding carboxylic acids is 2. The van der Waals surface area contributed by atoms with Crippen LogP contribution in [0, 0.1) is 0 Å². The maximum atomic E-state index is 12.2. The zero-order valence-electron chi connectivity index (χ0n) is 19.9. The molecule has 0 aliphatic carbocycles. The number of carbonyl (C=O) groups is 2. The van der Waals surface area contributed by atoms with Crippen molar-refractivity contribution in [2.45, 2.75) is 44.9 Å². The van der Waals surface area contributed by atoms with E-state index < -0.39 is 0 Å². The summed E-state index contributed by atoms with van der Waals surface area (Å²) < 4.78 is 20.9. The fourth-order valence-electron chi connectivity index (χ4n) is 3.38. The van der Waals surface area contributed by atoms with Crippen LogP contribution >= 0.6 is 0 Å². The summed E-state index contributed by atoms with van der Waals surface area (Å²) in [6.07, 6.45) is 5.37. The largest absolute Gasteiger partial charge is 0.493 e. The van der Waals surface area contributed by atoms with Gasteiger partial charge in [-0.05, 0) is 37.1 Å². The van der Waals surface area contributed by atoms with E-state index in [4.69, 9.17) is 18.9 Å². The molecule has 0 aliphatic rings. The van der Waals surface area contributed by atoms with Crippen molar-refractivity contribution in [3.63, 3.8) is 0 Å². The second-order valence-electron chi connectivity index (χ2n) is 7.50. The molecule has 0 unspecified atom stereocenters. The van der Waals surface area contributed by atoms with Crippen molar-refractivity contribution in [2.24, 2.45) is 0 Å². The van der Waals surface area contributed by atoms with Gasteiger partial charge in [0.15, 0.2) is 23.0 Å². The topological polar surface area (TPSA) is 95.1 Å². The molecule has 2 amide bonds. The minimum Gasteiger partial charge on any atom is -0.493 e. The van der Waals surface area contributed by atoms with Crippen molar-refractivity contribution >= 4 is 23.2 Å². The molecule has 0 aliphatic heterocycles. The second kappa shape index (κ2) is 13.9. The van der Waals surface area contributed by atoms with Gasteiger partial charge in [0.05, 0.1) is 28.4 Å². The molecule has 2 rings (SSSR count). The molecule has 0 spiro atoms. The Kier molecular flexibility index (Phi) is 10.9. The summed E-state index contributed by atoms with van der Waals surface area (Å²) in [7, 11) is 6.26. The van der Waals surface area contributed by atoms with Crippen molar-refractivity contribution in [1.29, 1.82) is 0 Å². The number of methoxy groups -OCH3 is 4. The molecule has 180 valence electrons. The van der Waals surface area contributed by atoms with E-state index in [0.29, 0.717) is 47.2 Å². The lowest BCUT2D eigenvalue weighted by atomic mass is 10.1. The van der Waals surface area contributed by atoms with Crippen molar-refractivity contribution in [2.75, 3.05) is 39.1 Å². The van der Waals surface area contributed by atoms with Gasteiger partial charge in [-0.1, -0.05) is 19.3 Å². The fraction of sp³-hybridized carbons (Fsp3) is 0.440. The van der Waals surface area contributed by atoms with E-state index in [1.165, 1.54) is 0 Å². The standard InChI is InChI=1S/C25H34N2O6/c1-30-20-14-12-18(16-22(20)32-3)26-24(28)10-8-6-5-7-9-11-25(29)27-19-13-15-21(31-2)23(17-19)33-4/h12-17H,5-11H2,1-4H3,(H,26,28)(H,27,29). The number of anilines is 2. The molecule has 8 heteroatoms. The molecule has 0 aromatic heterocycles. The van der Waals surface area contributed by atoms with Crippen molar-refractivity contribution in [3.8, 4) is 23.0 Å². The van der Waals surface area contributed by atoms with Crippen molar-refractivity contribution in [3.05, 3.63) is 36.4 Å². The zero-order chi connectivity index (χ0) is 24.1. The number of rotatable bonds is 14. The number of benzene rings is 2. The predicted molar refractivity (Wildman–Crippen MR) is 129 cm³/mol. The summed E-state index contributed by atoms with van der Waals surface area (Å²) in [5.41, 5.74) is 1.36. The van der Waals surface area contributed by atoms with E-state index >= 15 is 0 Å². The van der Waals surface area contributed by atoms with Crippen LogP contribution < -0.4 is 29.6 Å². The van der Waals surface area contributed by atoms with E-state index in [1.807, 2.05) is 0 Å². The number of amides is 2. The van der Waals surface area contributed by atoms with Gasteiger partial charge in [0.25, 0.3) is 0 Å². The molecule has 2 N–H and O–H groups in total. The Morgan fingerprint density at radius 2 is 0.939 bits per heavy atom. The molecule has 0 radical (unpaired) electrons. The van der Waals surface area contributed by atoms with Crippen LogP contribution in [-0.2, 0) is 9.59 Å². The van der Waals surface area contributed by atoms with E-state index in [2.05, 4.69) is 10.6 Å². The lowest BCUT2D eigenvalue weighted by Gasteiger charge is -2.11. The molecular weight excluding hydrogens is 424 g/mol. The maximum absolute atomic E-state index is 12.2. The molecule has 33 heavy (non-hydrogen) atoms. The first-order chi connectivity index (χ1) is 16.0. The molecule has 2 aromatic rings. The highest BCUT2D eigenvalue weighted by atomic mass is 16.5. The summed E-state index contributed by atoms with van der Waals surface area (Å²) in [6.45, 7) is 0. The van der Waals surface area contributed by atoms with E-state index in [0.717, 1.165) is 32.1 Å². The van der Waals surface area contributed by atoms with Gasteiger partial charge < -0.3 is 29.6 Å². The lowest BCUT2D eigenvalue weighted by Crippen LogP contribution is -2.11. The van der Waals surface area contributed by atoms with E-state index in [1.54, 1.807) is 64.8 Å². The molecule has 0 saturated heterocycles. The number of nitrogens with one attached hydrogen (secondary N) is 2. The molecule has 2 aromatic carbocycles. The van der Waals surface area contributed by atoms with Gasteiger partial charge in [-0.25, -0.2) is 0 Å². The SMILES string of the molecule is COc1ccc(NC(=O)CCCCCCCC(=O)Nc2ccc(OC)c(OC)c2)cc1OC. The first-order valence-electron chi connectivity index (χ1n) is 11.0. The molecule has 0 atom stereocenters. The molecule has 0 heterocycles. The lowest BCUT2D eigenvalue weighted by molar-refractivity contribution is -0.117. The molecule has 8 nitrogen and oxygen atoms in total. The Labute approximate surface area is 195 Å². The monoisotopic (exact) mass is 458 g/mol. The molecule has 0 saturated carbocycles. The quantitative estimate of drug-likeness (QED) is 0.386. The number of ether oxygens (including phenoxy) is 4. The van der Waals surface area contributed by atoms with Gasteiger partial charge in [0.1, 0.15) is 0 Å². The summed E-state index contributed by atoms with van der Waals surface area (Å²) in [5.74, 6) is 2.32. The number of hydrogen-bond donors (Lipinski definition) is 2. The van der Waals surface area contributed by atoms with Crippen LogP contribution in [0.2, 0.25) is 0 Å². The highest BCUT2D eigenvalue weighted by Crippen LogP contribution is 2.30. The Morgan fingerprint density at radius 1 is 0.576 bits per heavy atom. The average molecular weight is 459 g/mol. The zero-order valence-corrected chi connectivity index (χ0v) is 19.9. The molecular formula is C25H34N2O6. The van der Waals surface area contributed by atoms with Crippen LogP contribution in [0.4, 0.5) is 11.4 Å². The Morgan fingerprint density at radius 3 is 1.30 bits per heavy atom. The average Bonchev–Trinajstić information content (AvgIpc) is 2.83. The Hall–Kier alpha value is -3.42. The molecule has 0 fully saturated rings. The first kappa shape index (κ1) is 25.8. The van der Waals surface area contributed by atoms with Crippen molar-refractivity contribution < 1.29 is 28.5 Å². The fourth-order valence-corrected chi connectivity index (χ4v) is 3.38. The van der Waals surface area contributed by atoms with Gasteiger partial charge in [0.2, 0.25) is 11.8 Å². The maximum Gasteiger partial charge on any atom is 0.224 e. The minimum absolute atomic E-state index is 0.0310. The first-order valence-corrected chi connectivity index (χ1v) is 11.0. The normalized spacial score (nSPS) is 10.3. The van der Waals surface area contributed by atoms with Crippen LogP contribution in [0.15, 0.2) is 36.4 Å². The highest BCUT2D eigenvalue weighted by molar-refractivity contribution is 5.91. The van der Waals surface area contributed by atoms with Crippen LogP contribution in [0.5, 0.6) is 23.0 Å². The predicted octanol–water partition coefficient (Wildman–Crippen LogP) is 5.03. The minimum atomic E-state index is -0.0310. The summed E-state index contributed by atoms with van der Waals surface area (Å²) in [5, 5.41) is 5.76. The van der Waals surface area contributed by atoms with Gasteiger partial charge in [-0.15, -0.1) is 0 Å². The molecule has 0 bridgehead atoms. The van der Waals surface area contributed by atoms with Crippen LogP contribution in [-0.4, -0.2) is 40.3 Å². The third-order valence-corrected chi connectivity index (χ3v) is 5.14. The van der Waals surface area contributed by atoms with Crippen LogP contribution in [0.3, 0.4) is 0 Å². The third-order valence-electron chi connectivity index (χ3n) is 5.14. The van der Waals surface area contributed by atoms with Crippen molar-refractivity contribution in [1.82, 2.24) is 0 Å². The smallest absolute Gasteiger partial charge is 0.224 e. The van der Waals surface area contributed by atoms with Gasteiger partial charge in [-0.3, -0.25) is 9.59 Å². The Bertz CT molecular complexity index is 842. The highest BCUT2D eigenvalue weighted by Gasteiger charge is 2.09. The Balaban J connectivity index is 1.59. The number of hydrogen-bond acceptors (Lipinski definition) is 6. The summed E-state index contributed by atoms with van der Waals surface area (Å²) >= 11 is 0. The van der Waals surface area contributed by atoms with E-state index in [-0.39, 0.29) is 11.8 Å². The van der Waals surface area contributed by atoms with E-state index in [9.17, 15) is 9.59 Å². The van der Waals surface area contributed by atoms with Gasteiger partial charge >= 0.3 is 0 Å². The number of unbranched alkanes of at least 4 members (excludes halogenated alkanes) is 4. The van der Waals surface area contributed by atoms with Crippen LogP contribution in [0.1, 0.15) is 44.9 Å². The second-order valence-corrected chi connectivity index (χ2v) is 7.50. The van der Waals surface area contributed by atoms with Crippen LogP contribution in [0.25, 0.3) is 0 Å².